The zero-order valence-electron chi connectivity index (χ0n) is 17.8. The topological polar surface area (TPSA) is 94.0 Å². The fraction of sp³-hybridized carbons (Fsp3) is 0.320. The summed E-state index contributed by atoms with van der Waals surface area (Å²) in [5, 5.41) is 14.1. The second-order valence-electron chi connectivity index (χ2n) is 8.29. The van der Waals surface area contributed by atoms with Crippen LogP contribution in [0, 0.1) is 11.3 Å². The zero-order chi connectivity index (χ0) is 21.9. The molecular weight excluding hydrogens is 402 g/mol. The van der Waals surface area contributed by atoms with Crippen LogP contribution in [0.4, 0.5) is 0 Å². The molecule has 2 aliphatic heterocycles. The maximum atomic E-state index is 10.9. The van der Waals surface area contributed by atoms with E-state index in [1.54, 1.807) is 4.90 Å². The maximum absolute atomic E-state index is 10.9. The summed E-state index contributed by atoms with van der Waals surface area (Å²) in [4.78, 5) is 20.5. The fourth-order valence-corrected chi connectivity index (χ4v) is 4.47. The van der Waals surface area contributed by atoms with Gasteiger partial charge in [-0.25, -0.2) is 4.98 Å². The number of ether oxygens (including phenoxy) is 1. The van der Waals surface area contributed by atoms with Gasteiger partial charge in [-0.2, -0.15) is 5.26 Å². The number of amides is 1. The van der Waals surface area contributed by atoms with Crippen LogP contribution in [0.2, 0.25) is 0 Å². The van der Waals surface area contributed by atoms with E-state index in [9.17, 15) is 10.1 Å². The molecule has 0 atom stereocenters. The Morgan fingerprint density at radius 2 is 2.09 bits per heavy atom. The third-order valence-corrected chi connectivity index (χ3v) is 6.30. The minimum Gasteiger partial charge on any atom is -0.489 e. The lowest BCUT2D eigenvalue weighted by atomic mass is 9.98. The van der Waals surface area contributed by atoms with Crippen LogP contribution in [-0.4, -0.2) is 53.6 Å². The van der Waals surface area contributed by atoms with Crippen molar-refractivity contribution in [1.82, 2.24) is 20.2 Å². The molecule has 2 aliphatic rings. The molecule has 32 heavy (non-hydrogen) atoms. The van der Waals surface area contributed by atoms with Crippen molar-refractivity contribution in [3.8, 4) is 22.9 Å². The number of aromatic nitrogens is 2. The highest BCUT2D eigenvalue weighted by Gasteiger charge is 2.21. The summed E-state index contributed by atoms with van der Waals surface area (Å²) in [6, 6.07) is 10.2. The Bertz CT molecular complexity index is 1210. The van der Waals surface area contributed by atoms with Gasteiger partial charge in [0, 0.05) is 55.8 Å². The predicted octanol–water partition coefficient (Wildman–Crippen LogP) is 3.48. The summed E-state index contributed by atoms with van der Waals surface area (Å²) >= 11 is 0. The van der Waals surface area contributed by atoms with Crippen molar-refractivity contribution in [3.63, 3.8) is 0 Å². The van der Waals surface area contributed by atoms with E-state index in [0.717, 1.165) is 66.5 Å². The highest BCUT2D eigenvalue weighted by atomic mass is 16.5. The summed E-state index contributed by atoms with van der Waals surface area (Å²) < 4.78 is 6.13. The number of carbonyl (C=O) groups is 1. The normalized spacial score (nSPS) is 17.1. The van der Waals surface area contributed by atoms with Crippen LogP contribution in [0.15, 0.2) is 42.7 Å². The van der Waals surface area contributed by atoms with Gasteiger partial charge in [-0.05, 0) is 47.9 Å². The van der Waals surface area contributed by atoms with Crippen LogP contribution >= 0.6 is 0 Å². The number of nitriles is 1. The van der Waals surface area contributed by atoms with Gasteiger partial charge in [0.2, 0.25) is 6.41 Å². The Labute approximate surface area is 186 Å². The minimum absolute atomic E-state index is 0.0160. The molecule has 2 aromatic heterocycles. The van der Waals surface area contributed by atoms with E-state index in [1.807, 2.05) is 30.6 Å². The monoisotopic (exact) mass is 427 g/mol. The molecule has 2 N–H and O–H groups in total. The van der Waals surface area contributed by atoms with E-state index in [2.05, 4.69) is 33.5 Å². The van der Waals surface area contributed by atoms with Crippen LogP contribution in [0.3, 0.4) is 0 Å². The summed E-state index contributed by atoms with van der Waals surface area (Å²) in [6.07, 6.45) is 9.53. The lowest BCUT2D eigenvalue weighted by molar-refractivity contribution is -0.119. The SMILES string of the molecule is N#Cc1cc(-c2c[nH]c3ncc(C4=CCNCC4)cc23)ccc1OC1CCN(C=O)CC1. The van der Waals surface area contributed by atoms with Crippen molar-refractivity contribution in [2.24, 2.45) is 0 Å². The molecule has 5 rings (SSSR count). The number of nitrogens with one attached hydrogen (secondary N) is 2. The molecule has 1 amide bonds. The van der Waals surface area contributed by atoms with Gasteiger partial charge in [0.1, 0.15) is 23.6 Å². The molecule has 7 nitrogen and oxygen atoms in total. The maximum Gasteiger partial charge on any atom is 0.209 e. The molecule has 1 aromatic carbocycles. The van der Waals surface area contributed by atoms with E-state index < -0.39 is 0 Å². The molecule has 7 heteroatoms. The van der Waals surface area contributed by atoms with Gasteiger partial charge in [0.25, 0.3) is 0 Å². The molecule has 0 bridgehead atoms. The Morgan fingerprint density at radius 3 is 2.84 bits per heavy atom. The van der Waals surface area contributed by atoms with E-state index in [4.69, 9.17) is 4.74 Å². The predicted molar refractivity (Wildman–Crippen MR) is 123 cm³/mol. The van der Waals surface area contributed by atoms with Crippen molar-refractivity contribution < 1.29 is 9.53 Å². The van der Waals surface area contributed by atoms with Gasteiger partial charge in [0.15, 0.2) is 0 Å². The second kappa shape index (κ2) is 8.85. The zero-order valence-corrected chi connectivity index (χ0v) is 17.8. The third kappa shape index (κ3) is 3.97. The van der Waals surface area contributed by atoms with Crippen LogP contribution in [0.1, 0.15) is 30.4 Å². The number of likely N-dealkylation sites (tertiary alicyclic amines) is 1. The lowest BCUT2D eigenvalue weighted by Crippen LogP contribution is -2.37. The van der Waals surface area contributed by atoms with E-state index in [0.29, 0.717) is 24.4 Å². The molecule has 0 radical (unpaired) electrons. The highest BCUT2D eigenvalue weighted by molar-refractivity contribution is 5.95. The number of nitrogens with zero attached hydrogens (tertiary/aromatic N) is 3. The molecular formula is C25H25N5O2. The average Bonchev–Trinajstić information content (AvgIpc) is 3.28. The van der Waals surface area contributed by atoms with Crippen molar-refractivity contribution in [2.45, 2.75) is 25.4 Å². The summed E-state index contributed by atoms with van der Waals surface area (Å²) in [6.45, 7) is 3.23. The van der Waals surface area contributed by atoms with Gasteiger partial charge in [0.05, 0.1) is 5.56 Å². The number of benzene rings is 1. The molecule has 162 valence electrons. The number of hydrogen-bond acceptors (Lipinski definition) is 5. The standard InChI is InChI=1S/C25H25N5O2/c26-13-19-11-18(1-2-24(19)32-21-5-9-30(16-31)10-6-21)23-15-29-25-22(23)12-20(14-28-25)17-3-7-27-8-4-17/h1-3,11-12,14-16,21,27H,4-10H2,(H,28,29). The molecule has 0 aliphatic carbocycles. The number of fused-ring (bicyclic) bond motifs is 1. The number of piperidine rings is 1. The summed E-state index contributed by atoms with van der Waals surface area (Å²) in [7, 11) is 0. The Hall–Kier alpha value is -3.63. The van der Waals surface area contributed by atoms with Crippen molar-refractivity contribution in [2.75, 3.05) is 26.2 Å². The van der Waals surface area contributed by atoms with Crippen molar-refractivity contribution in [3.05, 3.63) is 53.9 Å². The Kier molecular flexibility index (Phi) is 5.61. The number of rotatable bonds is 5. The van der Waals surface area contributed by atoms with Gasteiger partial charge in [-0.15, -0.1) is 0 Å². The lowest BCUT2D eigenvalue weighted by Gasteiger charge is -2.29. The molecule has 0 unspecified atom stereocenters. The van der Waals surface area contributed by atoms with E-state index in [1.165, 1.54) is 5.57 Å². The second-order valence-corrected chi connectivity index (χ2v) is 8.29. The Balaban J connectivity index is 1.43. The first-order valence-electron chi connectivity index (χ1n) is 11.0. The van der Waals surface area contributed by atoms with Gasteiger partial charge in [-0.1, -0.05) is 12.1 Å². The fourth-order valence-electron chi connectivity index (χ4n) is 4.47. The quantitative estimate of drug-likeness (QED) is 0.608. The van der Waals surface area contributed by atoms with Crippen molar-refractivity contribution in [1.29, 1.82) is 5.26 Å². The number of aromatic amines is 1. The first kappa shape index (κ1) is 20.3. The number of pyridine rings is 1. The molecule has 1 saturated heterocycles. The van der Waals surface area contributed by atoms with Crippen LogP contribution in [0.5, 0.6) is 5.75 Å². The summed E-state index contributed by atoms with van der Waals surface area (Å²) in [5.74, 6) is 0.597. The smallest absolute Gasteiger partial charge is 0.209 e. The third-order valence-electron chi connectivity index (χ3n) is 6.30. The van der Waals surface area contributed by atoms with Crippen LogP contribution in [-0.2, 0) is 4.79 Å². The Morgan fingerprint density at radius 1 is 1.22 bits per heavy atom. The molecule has 3 aromatic rings. The molecule has 0 spiro atoms. The largest absolute Gasteiger partial charge is 0.489 e. The highest BCUT2D eigenvalue weighted by Crippen LogP contribution is 2.33. The van der Waals surface area contributed by atoms with Gasteiger partial charge in [-0.3, -0.25) is 4.79 Å². The first-order valence-corrected chi connectivity index (χ1v) is 11.0. The van der Waals surface area contributed by atoms with E-state index >= 15 is 0 Å². The van der Waals surface area contributed by atoms with E-state index in [-0.39, 0.29) is 6.10 Å². The molecule has 1 fully saturated rings. The van der Waals surface area contributed by atoms with Crippen molar-refractivity contribution >= 4 is 23.0 Å². The average molecular weight is 428 g/mol. The number of hydrogen-bond donors (Lipinski definition) is 2. The van der Waals surface area contributed by atoms with Gasteiger partial charge < -0.3 is 19.9 Å². The minimum atomic E-state index is 0.0160. The first-order chi connectivity index (χ1) is 15.7. The number of carbonyl (C=O) groups excluding carboxylic acids is 1. The van der Waals surface area contributed by atoms with Crippen LogP contribution in [0.25, 0.3) is 27.7 Å². The molecule has 0 saturated carbocycles. The summed E-state index contributed by atoms with van der Waals surface area (Å²) in [5.41, 5.74) is 5.77. The number of H-pyrrole nitrogens is 1. The van der Waals surface area contributed by atoms with Crippen LogP contribution < -0.4 is 10.1 Å². The molecule has 4 heterocycles. The van der Waals surface area contributed by atoms with Gasteiger partial charge >= 0.3 is 0 Å².